The van der Waals surface area contributed by atoms with Gasteiger partial charge in [0.05, 0.1) is 5.56 Å². The lowest BCUT2D eigenvalue weighted by Gasteiger charge is -2.15. The molecule has 0 aliphatic carbocycles. The number of rotatable bonds is 4. The Kier molecular flexibility index (Phi) is 4.21. The van der Waals surface area contributed by atoms with Gasteiger partial charge in [0.2, 0.25) is 0 Å². The van der Waals surface area contributed by atoms with Crippen molar-refractivity contribution in [2.45, 2.75) is 25.7 Å². The molecule has 2 rings (SSSR count). The van der Waals surface area contributed by atoms with Gasteiger partial charge in [-0.3, -0.25) is 0 Å². The Bertz CT molecular complexity index is 523. The van der Waals surface area contributed by atoms with Gasteiger partial charge in [0.25, 0.3) is 0 Å². The van der Waals surface area contributed by atoms with Crippen molar-refractivity contribution in [2.75, 3.05) is 0 Å². The molecule has 1 aromatic heterocycles. The normalized spacial score (nSPS) is 13.5. The number of thiazole rings is 1. The van der Waals surface area contributed by atoms with E-state index in [0.29, 0.717) is 12.1 Å². The molecule has 1 unspecified atom stereocenters. The molecule has 0 amide bonds. The molecule has 0 aliphatic rings. The summed E-state index contributed by atoms with van der Waals surface area (Å²) >= 11 is 1.51. The van der Waals surface area contributed by atoms with Gasteiger partial charge in [0.1, 0.15) is 5.01 Å². The number of nitrogens with one attached hydrogen (secondary N) is 1. The van der Waals surface area contributed by atoms with Gasteiger partial charge in [-0.05, 0) is 24.6 Å². The van der Waals surface area contributed by atoms with Gasteiger partial charge < -0.3 is 5.32 Å². The summed E-state index contributed by atoms with van der Waals surface area (Å²) in [6, 6.07) is 5.22. The maximum absolute atomic E-state index is 12.6. The second-order valence-corrected chi connectivity index (χ2v) is 5.13. The molecular weight excluding hydrogens is 273 g/mol. The average Bonchev–Trinajstić information content (AvgIpc) is 2.88. The number of nitrogens with zero attached hydrogens (tertiary/aromatic N) is 1. The molecule has 2 aromatic rings. The van der Waals surface area contributed by atoms with Crippen molar-refractivity contribution in [1.29, 1.82) is 0 Å². The van der Waals surface area contributed by atoms with E-state index in [1.54, 1.807) is 12.3 Å². The first-order chi connectivity index (χ1) is 8.97. The van der Waals surface area contributed by atoms with E-state index in [9.17, 15) is 13.2 Å². The Morgan fingerprint density at radius 3 is 2.79 bits per heavy atom. The van der Waals surface area contributed by atoms with Crippen LogP contribution in [0.3, 0.4) is 0 Å². The fourth-order valence-electron chi connectivity index (χ4n) is 1.68. The van der Waals surface area contributed by atoms with Crippen molar-refractivity contribution in [3.63, 3.8) is 0 Å². The highest BCUT2D eigenvalue weighted by Gasteiger charge is 2.30. The topological polar surface area (TPSA) is 24.9 Å². The third-order valence-corrected chi connectivity index (χ3v) is 3.54. The number of halogens is 3. The molecule has 1 aromatic carbocycles. The number of hydrogen-bond acceptors (Lipinski definition) is 3. The van der Waals surface area contributed by atoms with Crippen LogP contribution >= 0.6 is 11.3 Å². The van der Waals surface area contributed by atoms with E-state index in [4.69, 9.17) is 0 Å². The Labute approximate surface area is 113 Å². The molecule has 1 atom stereocenters. The van der Waals surface area contributed by atoms with E-state index >= 15 is 0 Å². The van der Waals surface area contributed by atoms with Crippen molar-refractivity contribution in [3.8, 4) is 0 Å². The van der Waals surface area contributed by atoms with Gasteiger partial charge in [-0.25, -0.2) is 4.98 Å². The predicted molar refractivity (Wildman–Crippen MR) is 68.8 cm³/mol. The standard InChI is InChI=1S/C13H13F3N2S/c1-9(18-8-12-17-5-6-19-12)10-3-2-4-11(7-10)13(14,15)16/h2-7,9,18H,8H2,1H3. The lowest BCUT2D eigenvalue weighted by Crippen LogP contribution is -2.18. The zero-order valence-corrected chi connectivity index (χ0v) is 11.1. The minimum absolute atomic E-state index is 0.161. The van der Waals surface area contributed by atoms with E-state index in [0.717, 1.165) is 11.1 Å². The number of alkyl halides is 3. The molecule has 0 radical (unpaired) electrons. The summed E-state index contributed by atoms with van der Waals surface area (Å²) in [4.78, 5) is 4.11. The van der Waals surface area contributed by atoms with Gasteiger partial charge in [-0.15, -0.1) is 11.3 Å². The lowest BCUT2D eigenvalue weighted by atomic mass is 10.0. The average molecular weight is 286 g/mol. The molecule has 6 heteroatoms. The molecule has 102 valence electrons. The molecule has 2 nitrogen and oxygen atoms in total. The maximum Gasteiger partial charge on any atom is 0.416 e. The van der Waals surface area contributed by atoms with Crippen LogP contribution in [-0.4, -0.2) is 4.98 Å². The summed E-state index contributed by atoms with van der Waals surface area (Å²) < 4.78 is 37.8. The molecular formula is C13H13F3N2S. The molecule has 0 bridgehead atoms. The highest BCUT2D eigenvalue weighted by Crippen LogP contribution is 2.30. The lowest BCUT2D eigenvalue weighted by molar-refractivity contribution is -0.137. The minimum atomic E-state index is -4.30. The van der Waals surface area contributed by atoms with Crippen molar-refractivity contribution in [3.05, 3.63) is 52.0 Å². The van der Waals surface area contributed by atoms with Crippen LogP contribution in [0.4, 0.5) is 13.2 Å². The summed E-state index contributed by atoms with van der Waals surface area (Å²) in [7, 11) is 0. The van der Waals surface area contributed by atoms with Crippen LogP contribution < -0.4 is 5.32 Å². The minimum Gasteiger partial charge on any atom is -0.304 e. The molecule has 0 fully saturated rings. The SMILES string of the molecule is CC(NCc1nccs1)c1cccc(C(F)(F)F)c1. The van der Waals surface area contributed by atoms with Crippen LogP contribution in [0.2, 0.25) is 0 Å². The zero-order valence-electron chi connectivity index (χ0n) is 10.2. The quantitative estimate of drug-likeness (QED) is 0.918. The molecule has 19 heavy (non-hydrogen) atoms. The van der Waals surface area contributed by atoms with Crippen molar-refractivity contribution >= 4 is 11.3 Å². The predicted octanol–water partition coefficient (Wildman–Crippen LogP) is 4.01. The van der Waals surface area contributed by atoms with Crippen molar-refractivity contribution < 1.29 is 13.2 Å². The number of hydrogen-bond donors (Lipinski definition) is 1. The molecule has 1 N–H and O–H groups in total. The summed E-state index contributed by atoms with van der Waals surface area (Å²) in [6.45, 7) is 2.39. The largest absolute Gasteiger partial charge is 0.416 e. The summed E-state index contributed by atoms with van der Waals surface area (Å²) in [6.07, 6.45) is -2.60. The molecule has 0 spiro atoms. The first kappa shape index (κ1) is 14.0. The van der Waals surface area contributed by atoms with E-state index in [-0.39, 0.29) is 6.04 Å². The van der Waals surface area contributed by atoms with Crippen LogP contribution in [0.15, 0.2) is 35.8 Å². The van der Waals surface area contributed by atoms with Gasteiger partial charge in [-0.2, -0.15) is 13.2 Å². The Morgan fingerprint density at radius 1 is 1.37 bits per heavy atom. The fourth-order valence-corrected chi connectivity index (χ4v) is 2.25. The number of aromatic nitrogens is 1. The Morgan fingerprint density at radius 2 is 2.16 bits per heavy atom. The van der Waals surface area contributed by atoms with Crippen LogP contribution in [-0.2, 0) is 12.7 Å². The summed E-state index contributed by atoms with van der Waals surface area (Å²) in [5, 5.41) is 5.94. The monoisotopic (exact) mass is 286 g/mol. The van der Waals surface area contributed by atoms with E-state index in [1.807, 2.05) is 12.3 Å². The number of benzene rings is 1. The van der Waals surface area contributed by atoms with Gasteiger partial charge in [-0.1, -0.05) is 12.1 Å². The fraction of sp³-hybridized carbons (Fsp3) is 0.308. The van der Waals surface area contributed by atoms with E-state index < -0.39 is 11.7 Å². The van der Waals surface area contributed by atoms with Crippen LogP contribution in [0.1, 0.15) is 29.1 Å². The van der Waals surface area contributed by atoms with Gasteiger partial charge >= 0.3 is 6.18 Å². The van der Waals surface area contributed by atoms with Crippen molar-refractivity contribution in [1.82, 2.24) is 10.3 Å². The van der Waals surface area contributed by atoms with Crippen LogP contribution in [0.25, 0.3) is 0 Å². The van der Waals surface area contributed by atoms with Crippen LogP contribution in [0, 0.1) is 0 Å². The molecule has 0 aliphatic heterocycles. The summed E-state index contributed by atoms with van der Waals surface area (Å²) in [5.74, 6) is 0. The van der Waals surface area contributed by atoms with Gasteiger partial charge in [0.15, 0.2) is 0 Å². The molecule has 0 saturated carbocycles. The molecule has 1 heterocycles. The Hall–Kier alpha value is -1.40. The van der Waals surface area contributed by atoms with E-state index in [2.05, 4.69) is 10.3 Å². The third-order valence-electron chi connectivity index (χ3n) is 2.76. The maximum atomic E-state index is 12.6. The first-order valence-corrected chi connectivity index (χ1v) is 6.63. The highest BCUT2D eigenvalue weighted by molar-refractivity contribution is 7.09. The summed E-state index contributed by atoms with van der Waals surface area (Å²) in [5.41, 5.74) is -0.000667. The second kappa shape index (κ2) is 5.71. The highest BCUT2D eigenvalue weighted by atomic mass is 32.1. The zero-order chi connectivity index (χ0) is 13.9. The van der Waals surface area contributed by atoms with Crippen molar-refractivity contribution in [2.24, 2.45) is 0 Å². The van der Waals surface area contributed by atoms with Gasteiger partial charge in [0, 0.05) is 24.2 Å². The third kappa shape index (κ3) is 3.78. The second-order valence-electron chi connectivity index (χ2n) is 4.15. The smallest absolute Gasteiger partial charge is 0.304 e. The molecule has 0 saturated heterocycles. The Balaban J connectivity index is 2.04. The van der Waals surface area contributed by atoms with E-state index in [1.165, 1.54) is 23.5 Å². The first-order valence-electron chi connectivity index (χ1n) is 5.76. The van der Waals surface area contributed by atoms with Crippen LogP contribution in [0.5, 0.6) is 0 Å².